The lowest BCUT2D eigenvalue weighted by Gasteiger charge is -2.24. The number of likely N-dealkylation sites (N-methyl/N-ethyl adjacent to an activating group) is 1. The van der Waals surface area contributed by atoms with E-state index in [1.54, 1.807) is 7.05 Å². The van der Waals surface area contributed by atoms with Crippen molar-refractivity contribution < 1.29 is 28.7 Å². The van der Waals surface area contributed by atoms with Gasteiger partial charge in [-0.15, -0.1) is 0 Å². The summed E-state index contributed by atoms with van der Waals surface area (Å²) in [6.45, 7) is 5.03. The fourth-order valence-corrected chi connectivity index (χ4v) is 4.38. The predicted molar refractivity (Wildman–Crippen MR) is 155 cm³/mol. The third-order valence-corrected chi connectivity index (χ3v) is 7.08. The van der Waals surface area contributed by atoms with Crippen molar-refractivity contribution >= 4 is 23.8 Å². The van der Waals surface area contributed by atoms with Crippen LogP contribution in [0, 0.1) is 6.92 Å². The first-order valence-corrected chi connectivity index (χ1v) is 14.3. The molecule has 0 aliphatic carbocycles. The van der Waals surface area contributed by atoms with Crippen LogP contribution in [-0.4, -0.2) is 67.6 Å². The standard InChI is InChI=1S/C31H42N4O6/c1-4-5-18-41-31(39)34-27-15-16-28(36)35(3)17-19-40-25-13-11-22(2)24(20-25)21-32-29(37)26(33-30(27)38)14-12-23-9-7-6-8-10-23/h6-11,13,20,26-27H,4-5,12,14-19,21H2,1-3H3,(H,32,37)(H,33,38)(H,34,39)/t26-,27-/m0/s1. The number of ether oxygens (including phenoxy) is 2. The van der Waals surface area contributed by atoms with Crippen LogP contribution >= 0.6 is 0 Å². The Balaban J connectivity index is 1.83. The van der Waals surface area contributed by atoms with Crippen LogP contribution in [0.3, 0.4) is 0 Å². The number of hydrogen-bond acceptors (Lipinski definition) is 6. The van der Waals surface area contributed by atoms with Crippen LogP contribution in [0.25, 0.3) is 0 Å². The van der Waals surface area contributed by atoms with Gasteiger partial charge in [0, 0.05) is 20.0 Å². The Bertz CT molecular complexity index is 1170. The number of nitrogens with one attached hydrogen (secondary N) is 3. The Morgan fingerprint density at radius 1 is 1.12 bits per heavy atom. The van der Waals surface area contributed by atoms with E-state index in [9.17, 15) is 19.2 Å². The van der Waals surface area contributed by atoms with Crippen molar-refractivity contribution in [3.8, 4) is 5.75 Å². The number of alkyl carbamates (subject to hydrolysis) is 1. The van der Waals surface area contributed by atoms with Crippen LogP contribution in [0.15, 0.2) is 48.5 Å². The molecule has 2 bridgehead atoms. The summed E-state index contributed by atoms with van der Waals surface area (Å²) in [4.78, 5) is 53.7. The van der Waals surface area contributed by atoms with Crippen LogP contribution in [0.2, 0.25) is 0 Å². The number of amides is 4. The molecular weight excluding hydrogens is 524 g/mol. The smallest absolute Gasteiger partial charge is 0.407 e. The summed E-state index contributed by atoms with van der Waals surface area (Å²) < 4.78 is 11.1. The monoisotopic (exact) mass is 566 g/mol. The molecule has 0 spiro atoms. The molecule has 4 amide bonds. The normalized spacial score (nSPS) is 18.9. The Morgan fingerprint density at radius 3 is 2.66 bits per heavy atom. The summed E-state index contributed by atoms with van der Waals surface area (Å²) in [5, 5.41) is 8.38. The molecule has 0 saturated carbocycles. The molecule has 1 aliphatic heterocycles. The Kier molecular flexibility index (Phi) is 12.5. The average molecular weight is 567 g/mol. The van der Waals surface area contributed by atoms with E-state index >= 15 is 0 Å². The van der Waals surface area contributed by atoms with Gasteiger partial charge in [0.2, 0.25) is 17.7 Å². The Hall–Kier alpha value is -4.08. The first-order chi connectivity index (χ1) is 19.8. The fourth-order valence-electron chi connectivity index (χ4n) is 4.38. The minimum atomic E-state index is -1.06. The molecule has 2 atom stereocenters. The number of unbranched alkanes of at least 4 members (excludes halogenated alkanes) is 1. The molecule has 3 rings (SSSR count). The van der Waals surface area contributed by atoms with Gasteiger partial charge < -0.3 is 30.3 Å². The van der Waals surface area contributed by atoms with Gasteiger partial charge in [0.1, 0.15) is 24.4 Å². The quantitative estimate of drug-likeness (QED) is 0.442. The summed E-state index contributed by atoms with van der Waals surface area (Å²) in [5.74, 6) is -0.444. The minimum Gasteiger partial charge on any atom is -0.492 e. The number of aryl methyl sites for hydroxylation is 2. The summed E-state index contributed by atoms with van der Waals surface area (Å²) in [6, 6.07) is 13.4. The van der Waals surface area contributed by atoms with E-state index in [0.29, 0.717) is 31.6 Å². The molecule has 2 aromatic carbocycles. The highest BCUT2D eigenvalue weighted by molar-refractivity contribution is 5.91. The zero-order valence-electron chi connectivity index (χ0n) is 24.2. The highest BCUT2D eigenvalue weighted by Crippen LogP contribution is 2.18. The second-order valence-corrected chi connectivity index (χ2v) is 10.3. The molecule has 0 saturated heterocycles. The lowest BCUT2D eigenvalue weighted by Crippen LogP contribution is -2.54. The molecule has 41 heavy (non-hydrogen) atoms. The summed E-state index contributed by atoms with van der Waals surface area (Å²) >= 11 is 0. The van der Waals surface area contributed by atoms with Crippen molar-refractivity contribution in [3.05, 3.63) is 65.2 Å². The van der Waals surface area contributed by atoms with E-state index in [2.05, 4.69) is 16.0 Å². The van der Waals surface area contributed by atoms with Gasteiger partial charge in [0.25, 0.3) is 0 Å². The number of rotatable bonds is 7. The molecule has 222 valence electrons. The molecule has 10 nitrogen and oxygen atoms in total. The molecule has 10 heteroatoms. The Morgan fingerprint density at radius 2 is 1.90 bits per heavy atom. The van der Waals surface area contributed by atoms with Gasteiger partial charge in [-0.3, -0.25) is 14.4 Å². The first kappa shape index (κ1) is 31.4. The second kappa shape index (κ2) is 16.2. The molecule has 0 unspecified atom stereocenters. The van der Waals surface area contributed by atoms with Gasteiger partial charge in [0.05, 0.1) is 13.2 Å². The molecule has 1 heterocycles. The van der Waals surface area contributed by atoms with Crippen molar-refractivity contribution in [1.29, 1.82) is 0 Å². The van der Waals surface area contributed by atoms with Gasteiger partial charge in [-0.1, -0.05) is 49.7 Å². The molecular formula is C31H42N4O6. The summed E-state index contributed by atoms with van der Waals surface area (Å²) in [6.07, 6.45) is 1.77. The van der Waals surface area contributed by atoms with E-state index in [-0.39, 0.29) is 44.4 Å². The van der Waals surface area contributed by atoms with E-state index in [1.165, 1.54) is 4.90 Å². The summed E-state index contributed by atoms with van der Waals surface area (Å²) in [5.41, 5.74) is 2.90. The Labute approximate surface area is 242 Å². The molecule has 3 N–H and O–H groups in total. The lowest BCUT2D eigenvalue weighted by molar-refractivity contribution is -0.132. The number of hydrogen-bond donors (Lipinski definition) is 3. The lowest BCUT2D eigenvalue weighted by atomic mass is 10.0. The first-order valence-electron chi connectivity index (χ1n) is 14.3. The number of nitrogens with zero attached hydrogens (tertiary/aromatic N) is 1. The maximum absolute atomic E-state index is 13.5. The fraction of sp³-hybridized carbons (Fsp3) is 0.484. The van der Waals surface area contributed by atoms with Crippen LogP contribution < -0.4 is 20.7 Å². The minimum absolute atomic E-state index is 0.0133. The van der Waals surface area contributed by atoms with Gasteiger partial charge in [-0.05, 0) is 61.4 Å². The largest absolute Gasteiger partial charge is 0.492 e. The average Bonchev–Trinajstić information content (AvgIpc) is 2.97. The maximum atomic E-state index is 13.5. The van der Waals surface area contributed by atoms with Gasteiger partial charge in [-0.25, -0.2) is 4.79 Å². The number of carbonyl (C=O) groups is 4. The molecule has 1 aliphatic rings. The van der Waals surface area contributed by atoms with Crippen molar-refractivity contribution in [1.82, 2.24) is 20.9 Å². The number of carbonyl (C=O) groups excluding carboxylic acids is 4. The van der Waals surface area contributed by atoms with Crippen molar-refractivity contribution in [2.24, 2.45) is 0 Å². The molecule has 0 aromatic heterocycles. The number of benzene rings is 2. The van der Waals surface area contributed by atoms with Gasteiger partial charge >= 0.3 is 6.09 Å². The van der Waals surface area contributed by atoms with Crippen molar-refractivity contribution in [3.63, 3.8) is 0 Å². The van der Waals surface area contributed by atoms with Crippen LogP contribution in [0.5, 0.6) is 5.75 Å². The van der Waals surface area contributed by atoms with Crippen LogP contribution in [0.1, 0.15) is 55.7 Å². The zero-order valence-corrected chi connectivity index (χ0v) is 24.2. The van der Waals surface area contributed by atoms with Crippen molar-refractivity contribution in [2.75, 3.05) is 26.8 Å². The SMILES string of the molecule is CCCCOC(=O)N[C@H]1CCC(=O)N(C)CCOc2ccc(C)c(c2)CNC(=O)[C@H](CCc2ccccc2)NC1=O. The van der Waals surface area contributed by atoms with Crippen LogP contribution in [0.4, 0.5) is 4.79 Å². The van der Waals surface area contributed by atoms with E-state index in [1.807, 2.05) is 62.4 Å². The number of fused-ring (bicyclic) bond motifs is 2. The maximum Gasteiger partial charge on any atom is 0.407 e. The zero-order chi connectivity index (χ0) is 29.6. The van der Waals surface area contributed by atoms with E-state index < -0.39 is 24.1 Å². The molecule has 2 aromatic rings. The predicted octanol–water partition coefficient (Wildman–Crippen LogP) is 3.25. The highest BCUT2D eigenvalue weighted by atomic mass is 16.5. The second-order valence-electron chi connectivity index (χ2n) is 10.3. The van der Waals surface area contributed by atoms with E-state index in [0.717, 1.165) is 23.1 Å². The van der Waals surface area contributed by atoms with Crippen molar-refractivity contribution in [2.45, 2.75) is 71.0 Å². The van der Waals surface area contributed by atoms with Crippen LogP contribution in [-0.2, 0) is 32.1 Å². The molecule has 0 radical (unpaired) electrons. The summed E-state index contributed by atoms with van der Waals surface area (Å²) in [7, 11) is 1.67. The van der Waals surface area contributed by atoms with Gasteiger partial charge in [-0.2, -0.15) is 0 Å². The molecule has 0 fully saturated rings. The topological polar surface area (TPSA) is 126 Å². The highest BCUT2D eigenvalue weighted by Gasteiger charge is 2.28. The van der Waals surface area contributed by atoms with E-state index in [4.69, 9.17) is 9.47 Å². The third kappa shape index (κ3) is 10.4. The third-order valence-electron chi connectivity index (χ3n) is 7.08. The van der Waals surface area contributed by atoms with Gasteiger partial charge in [0.15, 0.2) is 0 Å².